The molecule has 1 saturated heterocycles. The van der Waals surface area contributed by atoms with Crippen LogP contribution in [0.1, 0.15) is 25.8 Å². The average molecular weight is 236 g/mol. The van der Waals surface area contributed by atoms with Crippen LogP contribution in [-0.2, 0) is 6.54 Å². The molecule has 0 bridgehead atoms. The molecule has 0 amide bonds. The molecule has 0 saturated carbocycles. The van der Waals surface area contributed by atoms with Crippen molar-refractivity contribution in [3.63, 3.8) is 0 Å². The fourth-order valence-electron chi connectivity index (χ4n) is 2.51. The molecule has 0 spiro atoms. The van der Waals surface area contributed by atoms with Gasteiger partial charge in [0.2, 0.25) is 0 Å². The van der Waals surface area contributed by atoms with E-state index in [9.17, 15) is 4.39 Å². The summed E-state index contributed by atoms with van der Waals surface area (Å²) in [6, 6.07) is 7.11. The van der Waals surface area contributed by atoms with Gasteiger partial charge in [0.15, 0.2) is 0 Å². The number of likely N-dealkylation sites (tertiary alicyclic amines) is 1. The molecule has 1 atom stereocenters. The number of piperidine rings is 1. The Bertz CT molecular complexity index is 390. The summed E-state index contributed by atoms with van der Waals surface area (Å²) < 4.78 is 13.1. The molecular weight excluding hydrogens is 215 g/mol. The second-order valence-corrected chi connectivity index (χ2v) is 5.72. The quantitative estimate of drug-likeness (QED) is 0.854. The minimum Gasteiger partial charge on any atom is -0.327 e. The van der Waals surface area contributed by atoms with Crippen LogP contribution in [-0.4, -0.2) is 24.0 Å². The van der Waals surface area contributed by atoms with Gasteiger partial charge in [0.1, 0.15) is 5.82 Å². The van der Waals surface area contributed by atoms with Gasteiger partial charge < -0.3 is 5.73 Å². The summed E-state index contributed by atoms with van der Waals surface area (Å²) in [5, 5.41) is 0. The maximum atomic E-state index is 13.1. The predicted molar refractivity (Wildman–Crippen MR) is 68.1 cm³/mol. The number of benzene rings is 1. The highest BCUT2D eigenvalue weighted by Crippen LogP contribution is 2.28. The predicted octanol–water partition coefficient (Wildman–Crippen LogP) is 2.38. The molecule has 1 heterocycles. The number of hydrogen-bond acceptors (Lipinski definition) is 2. The molecule has 94 valence electrons. The van der Waals surface area contributed by atoms with Crippen LogP contribution in [0, 0.1) is 11.2 Å². The maximum absolute atomic E-state index is 13.1. The first-order chi connectivity index (χ1) is 7.97. The van der Waals surface area contributed by atoms with E-state index in [1.807, 2.05) is 6.07 Å². The number of rotatable bonds is 2. The second kappa shape index (κ2) is 4.75. The lowest BCUT2D eigenvalue weighted by atomic mass is 9.79. The lowest BCUT2D eigenvalue weighted by molar-refractivity contribution is 0.0898. The number of nitrogens with two attached hydrogens (primary N) is 1. The zero-order chi connectivity index (χ0) is 12.5. The van der Waals surface area contributed by atoms with E-state index < -0.39 is 0 Å². The van der Waals surface area contributed by atoms with Crippen molar-refractivity contribution in [3.05, 3.63) is 35.6 Å². The molecule has 0 radical (unpaired) electrons. The summed E-state index contributed by atoms with van der Waals surface area (Å²) in [7, 11) is 0. The lowest BCUT2D eigenvalue weighted by Gasteiger charge is -2.42. The second-order valence-electron chi connectivity index (χ2n) is 5.72. The van der Waals surface area contributed by atoms with Gasteiger partial charge in [-0.1, -0.05) is 26.0 Å². The van der Waals surface area contributed by atoms with E-state index in [2.05, 4.69) is 18.7 Å². The summed E-state index contributed by atoms with van der Waals surface area (Å²) in [5.74, 6) is -0.157. The van der Waals surface area contributed by atoms with Gasteiger partial charge in [-0.05, 0) is 29.5 Å². The molecule has 0 aromatic heterocycles. The SMILES string of the molecule is CC1(C)CN(Cc2cccc(F)c2)CCC1N. The van der Waals surface area contributed by atoms with Crippen LogP contribution in [0.5, 0.6) is 0 Å². The van der Waals surface area contributed by atoms with Crippen molar-refractivity contribution in [2.75, 3.05) is 13.1 Å². The van der Waals surface area contributed by atoms with E-state index in [4.69, 9.17) is 5.73 Å². The van der Waals surface area contributed by atoms with E-state index in [0.29, 0.717) is 0 Å². The third-order valence-electron chi connectivity index (χ3n) is 3.69. The van der Waals surface area contributed by atoms with Crippen LogP contribution in [0.4, 0.5) is 4.39 Å². The molecule has 2 rings (SSSR count). The Kier molecular flexibility index (Phi) is 3.50. The Morgan fingerprint density at radius 3 is 2.88 bits per heavy atom. The van der Waals surface area contributed by atoms with Crippen LogP contribution in [0.25, 0.3) is 0 Å². The fourth-order valence-corrected chi connectivity index (χ4v) is 2.51. The van der Waals surface area contributed by atoms with Crippen LogP contribution < -0.4 is 5.73 Å². The van der Waals surface area contributed by atoms with Crippen molar-refractivity contribution in [2.24, 2.45) is 11.1 Å². The molecule has 1 aromatic carbocycles. The Balaban J connectivity index is 2.01. The minimum atomic E-state index is -0.157. The van der Waals surface area contributed by atoms with Crippen molar-refractivity contribution >= 4 is 0 Å². The first-order valence-electron chi connectivity index (χ1n) is 6.20. The zero-order valence-corrected chi connectivity index (χ0v) is 10.6. The first-order valence-corrected chi connectivity index (χ1v) is 6.20. The number of hydrogen-bond donors (Lipinski definition) is 1. The summed E-state index contributed by atoms with van der Waals surface area (Å²) in [5.41, 5.74) is 7.29. The lowest BCUT2D eigenvalue weighted by Crippen LogP contribution is -2.52. The van der Waals surface area contributed by atoms with Crippen LogP contribution in [0.3, 0.4) is 0 Å². The third-order valence-corrected chi connectivity index (χ3v) is 3.69. The van der Waals surface area contributed by atoms with E-state index in [1.54, 1.807) is 12.1 Å². The number of halogens is 1. The molecular formula is C14H21FN2. The summed E-state index contributed by atoms with van der Waals surface area (Å²) >= 11 is 0. The average Bonchev–Trinajstić information content (AvgIpc) is 2.23. The Hall–Kier alpha value is -0.930. The van der Waals surface area contributed by atoms with Gasteiger partial charge in [-0.15, -0.1) is 0 Å². The molecule has 3 heteroatoms. The molecule has 1 unspecified atom stereocenters. The normalized spacial score (nSPS) is 24.8. The van der Waals surface area contributed by atoms with Gasteiger partial charge in [-0.3, -0.25) is 4.90 Å². The molecule has 2 N–H and O–H groups in total. The first kappa shape index (κ1) is 12.5. The minimum absolute atomic E-state index is 0.144. The van der Waals surface area contributed by atoms with Crippen LogP contribution in [0.2, 0.25) is 0 Å². The Labute approximate surface area is 103 Å². The van der Waals surface area contributed by atoms with Gasteiger partial charge in [0.05, 0.1) is 0 Å². The number of nitrogens with zero attached hydrogens (tertiary/aromatic N) is 1. The maximum Gasteiger partial charge on any atom is 0.123 e. The molecule has 0 aliphatic carbocycles. The molecule has 1 aliphatic heterocycles. The smallest absolute Gasteiger partial charge is 0.123 e. The standard InChI is InChI=1S/C14H21FN2/c1-14(2)10-17(7-6-13(14)16)9-11-4-3-5-12(15)8-11/h3-5,8,13H,6-7,9-10,16H2,1-2H3. The van der Waals surface area contributed by atoms with Gasteiger partial charge in [0, 0.05) is 25.7 Å². The third kappa shape index (κ3) is 3.05. The van der Waals surface area contributed by atoms with E-state index in [0.717, 1.165) is 31.6 Å². The summed E-state index contributed by atoms with van der Waals surface area (Å²) in [4.78, 5) is 2.36. The highest BCUT2D eigenvalue weighted by atomic mass is 19.1. The van der Waals surface area contributed by atoms with Crippen LogP contribution in [0.15, 0.2) is 24.3 Å². The molecule has 1 aromatic rings. The van der Waals surface area contributed by atoms with Crippen molar-refractivity contribution in [3.8, 4) is 0 Å². The molecule has 17 heavy (non-hydrogen) atoms. The van der Waals surface area contributed by atoms with Gasteiger partial charge in [-0.2, -0.15) is 0 Å². The van der Waals surface area contributed by atoms with Crippen molar-refractivity contribution in [1.29, 1.82) is 0 Å². The van der Waals surface area contributed by atoms with E-state index in [-0.39, 0.29) is 17.3 Å². The molecule has 1 fully saturated rings. The van der Waals surface area contributed by atoms with Crippen molar-refractivity contribution in [2.45, 2.75) is 32.9 Å². The van der Waals surface area contributed by atoms with E-state index >= 15 is 0 Å². The van der Waals surface area contributed by atoms with Gasteiger partial charge in [-0.25, -0.2) is 4.39 Å². The monoisotopic (exact) mass is 236 g/mol. The largest absolute Gasteiger partial charge is 0.327 e. The highest BCUT2D eigenvalue weighted by Gasteiger charge is 2.33. The topological polar surface area (TPSA) is 29.3 Å². The summed E-state index contributed by atoms with van der Waals surface area (Å²) in [6.07, 6.45) is 1.02. The Morgan fingerprint density at radius 2 is 2.24 bits per heavy atom. The Morgan fingerprint density at radius 1 is 1.47 bits per heavy atom. The summed E-state index contributed by atoms with van der Waals surface area (Å²) in [6.45, 7) is 7.20. The van der Waals surface area contributed by atoms with Crippen molar-refractivity contribution < 1.29 is 4.39 Å². The zero-order valence-electron chi connectivity index (χ0n) is 10.6. The van der Waals surface area contributed by atoms with E-state index in [1.165, 1.54) is 6.07 Å². The fraction of sp³-hybridized carbons (Fsp3) is 0.571. The van der Waals surface area contributed by atoms with Crippen LogP contribution >= 0.6 is 0 Å². The highest BCUT2D eigenvalue weighted by molar-refractivity contribution is 5.16. The van der Waals surface area contributed by atoms with Gasteiger partial charge >= 0.3 is 0 Å². The van der Waals surface area contributed by atoms with Gasteiger partial charge in [0.25, 0.3) is 0 Å². The molecule has 2 nitrogen and oxygen atoms in total. The van der Waals surface area contributed by atoms with Crippen molar-refractivity contribution in [1.82, 2.24) is 4.90 Å². The molecule has 1 aliphatic rings.